The van der Waals surface area contributed by atoms with Crippen LogP contribution in [0.2, 0.25) is 0 Å². The summed E-state index contributed by atoms with van der Waals surface area (Å²) in [5, 5.41) is 6.63. The molecule has 0 radical (unpaired) electrons. The van der Waals surface area contributed by atoms with Crippen molar-refractivity contribution < 1.29 is 9.32 Å². The largest absolute Gasteiger partial charge is 0.340 e. The van der Waals surface area contributed by atoms with Crippen LogP contribution in [0.4, 0.5) is 5.69 Å². The Morgan fingerprint density at radius 2 is 2.25 bits per heavy atom. The van der Waals surface area contributed by atoms with Crippen molar-refractivity contribution in [1.82, 2.24) is 10.1 Å². The number of nitrogens with one attached hydrogen (secondary N) is 1. The van der Waals surface area contributed by atoms with Gasteiger partial charge in [0, 0.05) is 17.1 Å². The summed E-state index contributed by atoms with van der Waals surface area (Å²) in [5.41, 5.74) is 1.88. The number of benzene rings is 1. The topological polar surface area (TPSA) is 68.0 Å². The highest BCUT2D eigenvalue weighted by molar-refractivity contribution is 9.10. The van der Waals surface area contributed by atoms with Crippen LogP contribution in [-0.2, 0) is 10.5 Å². The second kappa shape index (κ2) is 6.90. The van der Waals surface area contributed by atoms with Crippen molar-refractivity contribution in [2.24, 2.45) is 0 Å². The molecular weight excluding hydrogens is 342 g/mol. The van der Waals surface area contributed by atoms with Gasteiger partial charge < -0.3 is 9.84 Å². The van der Waals surface area contributed by atoms with E-state index >= 15 is 0 Å². The maximum absolute atomic E-state index is 11.8. The first-order valence-electron chi connectivity index (χ1n) is 5.97. The van der Waals surface area contributed by atoms with Gasteiger partial charge >= 0.3 is 0 Å². The van der Waals surface area contributed by atoms with Gasteiger partial charge in [-0.25, -0.2) is 0 Å². The van der Waals surface area contributed by atoms with E-state index in [2.05, 4.69) is 31.4 Å². The first kappa shape index (κ1) is 15.1. The Morgan fingerprint density at radius 3 is 2.90 bits per heavy atom. The predicted molar refractivity (Wildman–Crippen MR) is 82.7 cm³/mol. The molecule has 20 heavy (non-hydrogen) atoms. The van der Waals surface area contributed by atoms with Crippen molar-refractivity contribution >= 4 is 39.3 Å². The molecule has 1 amide bonds. The van der Waals surface area contributed by atoms with Crippen molar-refractivity contribution in [1.29, 1.82) is 0 Å². The van der Waals surface area contributed by atoms with Crippen LogP contribution >= 0.6 is 27.7 Å². The van der Waals surface area contributed by atoms with Gasteiger partial charge in [0.05, 0.1) is 11.5 Å². The normalized spacial score (nSPS) is 10.6. The number of nitrogens with zero attached hydrogens (tertiary/aromatic N) is 2. The van der Waals surface area contributed by atoms with Crippen LogP contribution in [-0.4, -0.2) is 21.8 Å². The summed E-state index contributed by atoms with van der Waals surface area (Å²) in [5.74, 6) is 2.01. The molecule has 0 unspecified atom stereocenters. The minimum absolute atomic E-state index is 0.0445. The zero-order valence-corrected chi connectivity index (χ0v) is 13.5. The lowest BCUT2D eigenvalue weighted by Crippen LogP contribution is -2.14. The number of halogens is 1. The molecule has 1 aromatic carbocycles. The molecule has 0 saturated carbocycles. The molecule has 1 aromatic heterocycles. The van der Waals surface area contributed by atoms with Crippen molar-refractivity contribution in [3.63, 3.8) is 0 Å². The molecule has 2 rings (SSSR count). The Labute approximate surface area is 129 Å². The van der Waals surface area contributed by atoms with Gasteiger partial charge in [0.2, 0.25) is 11.8 Å². The second-order valence-corrected chi connectivity index (χ2v) is 6.07. The maximum atomic E-state index is 11.8. The molecule has 1 N–H and O–H groups in total. The summed E-state index contributed by atoms with van der Waals surface area (Å²) in [4.78, 5) is 15.9. The Morgan fingerprint density at radius 1 is 1.45 bits per heavy atom. The monoisotopic (exact) mass is 355 g/mol. The quantitative estimate of drug-likeness (QED) is 0.890. The zero-order chi connectivity index (χ0) is 14.5. The highest BCUT2D eigenvalue weighted by Gasteiger charge is 2.06. The Hall–Kier alpha value is -1.34. The van der Waals surface area contributed by atoms with E-state index in [-0.39, 0.29) is 5.91 Å². The number of carbonyl (C=O) groups is 1. The lowest BCUT2D eigenvalue weighted by Gasteiger charge is -2.06. The van der Waals surface area contributed by atoms with Gasteiger partial charge in [0.15, 0.2) is 5.82 Å². The molecule has 0 aliphatic heterocycles. The second-order valence-electron chi connectivity index (χ2n) is 4.23. The van der Waals surface area contributed by atoms with Crippen LogP contribution in [0.5, 0.6) is 0 Å². The minimum Gasteiger partial charge on any atom is -0.340 e. The predicted octanol–water partition coefficient (Wildman–Crippen LogP) is 3.32. The molecule has 0 atom stereocenters. The number of carbonyl (C=O) groups excluding carboxylic acids is 1. The summed E-state index contributed by atoms with van der Waals surface area (Å²) in [7, 11) is 0. The average Bonchev–Trinajstić information content (AvgIpc) is 2.80. The summed E-state index contributed by atoms with van der Waals surface area (Å²) in [6, 6.07) is 5.71. The van der Waals surface area contributed by atoms with Gasteiger partial charge in [-0.3, -0.25) is 4.79 Å². The number of hydrogen-bond donors (Lipinski definition) is 1. The summed E-state index contributed by atoms with van der Waals surface area (Å²) in [6.07, 6.45) is 0. The van der Waals surface area contributed by atoms with Gasteiger partial charge in [-0.1, -0.05) is 21.1 Å². The maximum Gasteiger partial charge on any atom is 0.234 e. The van der Waals surface area contributed by atoms with Crippen LogP contribution in [0.15, 0.2) is 27.2 Å². The van der Waals surface area contributed by atoms with E-state index in [9.17, 15) is 4.79 Å². The minimum atomic E-state index is -0.0445. The number of aromatic nitrogens is 2. The smallest absolute Gasteiger partial charge is 0.234 e. The Balaban J connectivity index is 1.79. The van der Waals surface area contributed by atoms with Crippen molar-refractivity contribution in [2.75, 3.05) is 11.1 Å². The molecular formula is C13H14BrN3O2S. The third-order valence-corrected chi connectivity index (χ3v) is 4.29. The molecule has 106 valence electrons. The van der Waals surface area contributed by atoms with Crippen molar-refractivity contribution in [3.8, 4) is 0 Å². The first-order chi connectivity index (χ1) is 9.54. The highest BCUT2D eigenvalue weighted by Crippen LogP contribution is 2.20. The average molecular weight is 356 g/mol. The summed E-state index contributed by atoms with van der Waals surface area (Å²) >= 11 is 4.87. The number of anilines is 1. The number of thioether (sulfide) groups is 1. The molecule has 7 heteroatoms. The van der Waals surface area contributed by atoms with E-state index in [1.54, 1.807) is 6.92 Å². The van der Waals surface area contributed by atoms with Gasteiger partial charge in [-0.05, 0) is 30.7 Å². The molecule has 0 aliphatic carbocycles. The zero-order valence-electron chi connectivity index (χ0n) is 11.1. The standard InChI is InChI=1S/C13H14BrN3O2S/c1-8-5-10(3-4-11(8)14)16-13(18)7-20-6-12-15-9(2)19-17-12/h3-5H,6-7H2,1-2H3,(H,16,18). The molecule has 1 heterocycles. The molecule has 0 bridgehead atoms. The fourth-order valence-corrected chi connectivity index (χ4v) is 2.46. The van der Waals surface area contributed by atoms with Crippen molar-refractivity contribution in [3.05, 3.63) is 40.0 Å². The molecule has 0 saturated heterocycles. The van der Waals surface area contributed by atoms with E-state index in [0.717, 1.165) is 15.7 Å². The van der Waals surface area contributed by atoms with Crippen LogP contribution in [0.1, 0.15) is 17.3 Å². The Bertz CT molecular complexity index is 615. The number of hydrogen-bond acceptors (Lipinski definition) is 5. The molecule has 0 fully saturated rings. The number of rotatable bonds is 5. The van der Waals surface area contributed by atoms with Crippen LogP contribution in [0.3, 0.4) is 0 Å². The van der Waals surface area contributed by atoms with E-state index in [0.29, 0.717) is 23.2 Å². The van der Waals surface area contributed by atoms with E-state index in [1.807, 2.05) is 25.1 Å². The lowest BCUT2D eigenvalue weighted by molar-refractivity contribution is -0.113. The van der Waals surface area contributed by atoms with Gasteiger partial charge in [-0.2, -0.15) is 4.98 Å². The molecule has 2 aromatic rings. The fraction of sp³-hybridized carbons (Fsp3) is 0.308. The van der Waals surface area contributed by atoms with Gasteiger partial charge in [0.25, 0.3) is 0 Å². The molecule has 0 spiro atoms. The third-order valence-electron chi connectivity index (χ3n) is 2.48. The SMILES string of the molecule is Cc1nc(CSCC(=O)Nc2ccc(Br)c(C)c2)no1. The number of amides is 1. The highest BCUT2D eigenvalue weighted by atomic mass is 79.9. The van der Waals surface area contributed by atoms with Gasteiger partial charge in [-0.15, -0.1) is 11.8 Å². The van der Waals surface area contributed by atoms with Crippen LogP contribution < -0.4 is 5.32 Å². The molecule has 0 aliphatic rings. The first-order valence-corrected chi connectivity index (χ1v) is 7.92. The summed E-state index contributed by atoms with van der Waals surface area (Å²) in [6.45, 7) is 3.72. The van der Waals surface area contributed by atoms with Crippen LogP contribution in [0.25, 0.3) is 0 Å². The number of aryl methyl sites for hydroxylation is 2. The van der Waals surface area contributed by atoms with Crippen molar-refractivity contribution in [2.45, 2.75) is 19.6 Å². The van der Waals surface area contributed by atoms with Gasteiger partial charge in [0.1, 0.15) is 0 Å². The third kappa shape index (κ3) is 4.35. The lowest BCUT2D eigenvalue weighted by atomic mass is 10.2. The van der Waals surface area contributed by atoms with E-state index in [4.69, 9.17) is 4.52 Å². The summed E-state index contributed by atoms with van der Waals surface area (Å²) < 4.78 is 5.89. The fourth-order valence-electron chi connectivity index (χ4n) is 1.55. The Kier molecular flexibility index (Phi) is 5.19. The van der Waals surface area contributed by atoms with Crippen LogP contribution in [0, 0.1) is 13.8 Å². The van der Waals surface area contributed by atoms with E-state index in [1.165, 1.54) is 11.8 Å². The van der Waals surface area contributed by atoms with E-state index < -0.39 is 0 Å². The molecule has 5 nitrogen and oxygen atoms in total.